The van der Waals surface area contributed by atoms with Gasteiger partial charge in [-0.15, -0.1) is 0 Å². The molecule has 1 aliphatic carbocycles. The lowest BCUT2D eigenvalue weighted by Gasteiger charge is -2.46. The van der Waals surface area contributed by atoms with Gasteiger partial charge in [0.15, 0.2) is 0 Å². The zero-order chi connectivity index (χ0) is 31.2. The van der Waals surface area contributed by atoms with Crippen LogP contribution in [0.4, 0.5) is 0 Å². The van der Waals surface area contributed by atoms with Gasteiger partial charge in [0.05, 0.1) is 19.3 Å². The summed E-state index contributed by atoms with van der Waals surface area (Å²) in [7, 11) is -1.57. The summed E-state index contributed by atoms with van der Waals surface area (Å²) in [5, 5.41) is 2.91. The Bertz CT molecular complexity index is 2170. The molecule has 0 bridgehead atoms. The van der Waals surface area contributed by atoms with Crippen LogP contribution in [0.2, 0.25) is 19.6 Å². The van der Waals surface area contributed by atoms with E-state index in [1.54, 1.807) is 0 Å². The third-order valence-electron chi connectivity index (χ3n) is 11.3. The molecule has 3 aliphatic rings. The second-order valence-corrected chi connectivity index (χ2v) is 19.7. The van der Waals surface area contributed by atoms with Crippen LogP contribution in [0.3, 0.4) is 0 Å². The number of ether oxygens (including phenoxy) is 1. The molecule has 3 heterocycles. The Balaban J connectivity index is 1.42. The molecule has 1 atom stereocenters. The first-order valence-corrected chi connectivity index (χ1v) is 20.7. The van der Waals surface area contributed by atoms with E-state index in [0.717, 1.165) is 30.8 Å². The first-order chi connectivity index (χ1) is 22.4. The molecule has 0 saturated carbocycles. The van der Waals surface area contributed by atoms with Crippen molar-refractivity contribution in [2.45, 2.75) is 64.1 Å². The van der Waals surface area contributed by atoms with E-state index in [9.17, 15) is 0 Å². The van der Waals surface area contributed by atoms with Crippen LogP contribution in [0.15, 0.2) is 109 Å². The number of hydrogen-bond acceptors (Lipinski definition) is 1. The van der Waals surface area contributed by atoms with E-state index in [-0.39, 0.29) is 12.1 Å². The van der Waals surface area contributed by atoms with Crippen molar-refractivity contribution in [2.24, 2.45) is 0 Å². The Morgan fingerprint density at radius 3 is 2.35 bits per heavy atom. The van der Waals surface area contributed by atoms with Gasteiger partial charge in [0.1, 0.15) is 11.5 Å². The van der Waals surface area contributed by atoms with Crippen molar-refractivity contribution in [3.05, 3.63) is 137 Å². The van der Waals surface area contributed by atoms with Crippen molar-refractivity contribution in [1.29, 1.82) is 0 Å². The third kappa shape index (κ3) is 3.77. The zero-order valence-corrected chi connectivity index (χ0v) is 28.4. The maximum absolute atomic E-state index is 7.17. The summed E-state index contributed by atoms with van der Waals surface area (Å²) in [4.78, 5) is 0. The van der Waals surface area contributed by atoms with E-state index in [4.69, 9.17) is 4.74 Å². The van der Waals surface area contributed by atoms with Gasteiger partial charge in [-0.2, -0.15) is 0 Å². The van der Waals surface area contributed by atoms with Crippen molar-refractivity contribution >= 4 is 47.3 Å². The molecule has 6 aromatic rings. The number of rotatable bonds is 4. The maximum Gasteiger partial charge on any atom is 0.251 e. The largest absolute Gasteiger partial charge is 0.456 e. The molecule has 46 heavy (non-hydrogen) atoms. The predicted molar refractivity (Wildman–Crippen MR) is 197 cm³/mol. The molecule has 4 heteroatoms. The second kappa shape index (κ2) is 10.1. The Morgan fingerprint density at radius 1 is 0.761 bits per heavy atom. The number of fused-ring (bicyclic) bond motifs is 7. The summed E-state index contributed by atoms with van der Waals surface area (Å²) in [6.07, 6.45) is 5.72. The van der Waals surface area contributed by atoms with Crippen molar-refractivity contribution < 1.29 is 4.74 Å². The van der Waals surface area contributed by atoms with Gasteiger partial charge in [0, 0.05) is 16.5 Å². The fourth-order valence-corrected chi connectivity index (χ4v) is 10.3. The monoisotopic (exact) mass is 613 g/mol. The Hall–Kier alpha value is -4.28. The number of nitrogens with zero attached hydrogens (tertiary/aromatic N) is 1. The minimum Gasteiger partial charge on any atom is -0.456 e. The average molecular weight is 614 g/mol. The fraction of sp³-hybridized carbons (Fsp3) is 0.238. The molecule has 0 amide bonds. The number of aromatic nitrogens is 1. The normalized spacial score (nSPS) is 18.0. The van der Waals surface area contributed by atoms with Crippen LogP contribution in [0.25, 0.3) is 16.6 Å². The summed E-state index contributed by atoms with van der Waals surface area (Å²) in [5.41, 5.74) is 13.4. The van der Waals surface area contributed by atoms with Crippen LogP contribution in [0.5, 0.6) is 11.5 Å². The highest BCUT2D eigenvalue weighted by Crippen LogP contribution is 2.47. The molecule has 0 fully saturated rings. The molecule has 0 N–H and O–H groups in total. The molecule has 5 aromatic carbocycles. The third-order valence-corrected chi connectivity index (χ3v) is 13.3. The standard InChI is InChI=1S/C42H40BNOSi/c1-5-42(28-15-7-6-8-16-28)32-24-26-38(44-36-20-12-9-17-30(36)31-18-10-13-21-37(31)44)41-40(32)43(35-19-11-14-22-39(35)45-41)34-25-23-29(27-33(34)42)46(2,3)4/h6-9,11-12,14-17,19-20,22-27H,5,10,13,18,21H2,1-4H3. The van der Waals surface area contributed by atoms with Gasteiger partial charge >= 0.3 is 0 Å². The molecular weight excluding hydrogens is 573 g/mol. The molecule has 1 aromatic heterocycles. The van der Waals surface area contributed by atoms with Crippen molar-refractivity contribution in [1.82, 2.24) is 4.57 Å². The lowest BCUT2D eigenvalue weighted by molar-refractivity contribution is 0.480. The molecular formula is C42H40BNOSi. The summed E-state index contributed by atoms with van der Waals surface area (Å²) < 4.78 is 9.73. The lowest BCUT2D eigenvalue weighted by Crippen LogP contribution is -2.64. The highest BCUT2D eigenvalue weighted by atomic mass is 28.3. The van der Waals surface area contributed by atoms with E-state index in [1.165, 1.54) is 79.0 Å². The van der Waals surface area contributed by atoms with E-state index in [2.05, 4.69) is 140 Å². The van der Waals surface area contributed by atoms with E-state index in [0.29, 0.717) is 0 Å². The first kappa shape index (κ1) is 28.0. The highest BCUT2D eigenvalue weighted by molar-refractivity contribution is 6.98. The smallest absolute Gasteiger partial charge is 0.251 e. The molecule has 226 valence electrons. The van der Waals surface area contributed by atoms with Crippen LogP contribution in [0, 0.1) is 0 Å². The molecule has 0 radical (unpaired) electrons. The maximum atomic E-state index is 7.17. The molecule has 0 spiro atoms. The van der Waals surface area contributed by atoms with Crippen LogP contribution in [-0.2, 0) is 18.3 Å². The molecule has 1 unspecified atom stereocenters. The molecule has 9 rings (SSSR count). The van der Waals surface area contributed by atoms with Gasteiger partial charge in [-0.1, -0.05) is 128 Å². The Kier molecular flexibility index (Phi) is 6.15. The average Bonchev–Trinajstić information content (AvgIpc) is 3.42. The summed E-state index contributed by atoms with van der Waals surface area (Å²) in [6, 6.07) is 41.5. The lowest BCUT2D eigenvalue weighted by atomic mass is 9.30. The summed E-state index contributed by atoms with van der Waals surface area (Å²) in [6.45, 7) is 9.90. The predicted octanol–water partition coefficient (Wildman–Crippen LogP) is 7.73. The van der Waals surface area contributed by atoms with E-state index < -0.39 is 8.07 Å². The van der Waals surface area contributed by atoms with Gasteiger partial charge in [-0.25, -0.2) is 0 Å². The summed E-state index contributed by atoms with van der Waals surface area (Å²) >= 11 is 0. The van der Waals surface area contributed by atoms with Gasteiger partial charge in [0.25, 0.3) is 6.71 Å². The van der Waals surface area contributed by atoms with Crippen molar-refractivity contribution in [3.8, 4) is 17.2 Å². The van der Waals surface area contributed by atoms with E-state index >= 15 is 0 Å². The fourth-order valence-electron chi connectivity index (χ4n) is 9.11. The molecule has 0 saturated heterocycles. The van der Waals surface area contributed by atoms with Crippen LogP contribution >= 0.6 is 0 Å². The Labute approximate surface area is 274 Å². The zero-order valence-electron chi connectivity index (χ0n) is 27.4. The highest BCUT2D eigenvalue weighted by Gasteiger charge is 2.50. The van der Waals surface area contributed by atoms with Gasteiger partial charge in [-0.3, -0.25) is 0 Å². The first-order valence-electron chi connectivity index (χ1n) is 17.2. The quantitative estimate of drug-likeness (QED) is 0.185. The van der Waals surface area contributed by atoms with Crippen molar-refractivity contribution in [3.63, 3.8) is 0 Å². The van der Waals surface area contributed by atoms with E-state index in [1.807, 2.05) is 0 Å². The number of hydrogen-bond donors (Lipinski definition) is 0. The van der Waals surface area contributed by atoms with Crippen LogP contribution in [-0.4, -0.2) is 19.4 Å². The Morgan fingerprint density at radius 2 is 1.52 bits per heavy atom. The second-order valence-electron chi connectivity index (χ2n) is 14.6. The molecule has 2 aliphatic heterocycles. The summed E-state index contributed by atoms with van der Waals surface area (Å²) in [5.74, 6) is 2.01. The topological polar surface area (TPSA) is 14.2 Å². The minimum atomic E-state index is -1.57. The van der Waals surface area contributed by atoms with Gasteiger partial charge in [-0.05, 0) is 83.5 Å². The number of benzene rings is 5. The number of para-hydroxylation sites is 2. The van der Waals surface area contributed by atoms with Crippen LogP contribution < -0.4 is 26.3 Å². The molecule has 2 nitrogen and oxygen atoms in total. The van der Waals surface area contributed by atoms with Gasteiger partial charge < -0.3 is 9.30 Å². The SMILES string of the molecule is CCC1(c2ccccc2)c2cc([Si](C)(C)C)ccc2B2c3ccccc3Oc3c(-n4c5c(c6ccccc64)CCCC5)ccc1c32. The van der Waals surface area contributed by atoms with Gasteiger partial charge in [0.2, 0.25) is 0 Å². The van der Waals surface area contributed by atoms with Crippen molar-refractivity contribution in [2.75, 3.05) is 0 Å². The number of aryl methyl sites for hydroxylation is 1. The minimum absolute atomic E-state index is 0.113. The van der Waals surface area contributed by atoms with Crippen LogP contribution in [0.1, 0.15) is 54.1 Å².